The SMILES string of the molecule is CC/C(=C(\c1ccc(O)cc1)c1ccc(OCCN(C)C/C=C/C(=O)N(C)C)cc1)c1ccccc1. The van der Waals surface area contributed by atoms with E-state index in [2.05, 4.69) is 48.2 Å². The van der Waals surface area contributed by atoms with Gasteiger partial charge >= 0.3 is 0 Å². The van der Waals surface area contributed by atoms with Gasteiger partial charge in [-0.1, -0.05) is 67.6 Å². The molecule has 0 bridgehead atoms. The van der Waals surface area contributed by atoms with Crippen molar-refractivity contribution < 1.29 is 14.6 Å². The number of amides is 1. The fourth-order valence-corrected chi connectivity index (χ4v) is 3.92. The highest BCUT2D eigenvalue weighted by Crippen LogP contribution is 2.35. The van der Waals surface area contributed by atoms with Crippen LogP contribution in [0.15, 0.2) is 91.0 Å². The quantitative estimate of drug-likeness (QED) is 0.280. The highest BCUT2D eigenvalue weighted by atomic mass is 16.5. The maximum absolute atomic E-state index is 11.6. The van der Waals surface area contributed by atoms with E-state index in [4.69, 9.17) is 4.74 Å². The van der Waals surface area contributed by atoms with Crippen molar-refractivity contribution in [2.75, 3.05) is 40.8 Å². The van der Waals surface area contributed by atoms with E-state index in [9.17, 15) is 9.90 Å². The minimum atomic E-state index is -0.0149. The van der Waals surface area contributed by atoms with Crippen molar-refractivity contribution in [2.24, 2.45) is 0 Å². The van der Waals surface area contributed by atoms with Crippen LogP contribution in [-0.4, -0.2) is 61.7 Å². The number of likely N-dealkylation sites (N-methyl/N-ethyl adjacent to an activating group) is 2. The fraction of sp³-hybridized carbons (Fsp3) is 0.258. The molecule has 0 radical (unpaired) electrons. The van der Waals surface area contributed by atoms with Crippen molar-refractivity contribution in [2.45, 2.75) is 13.3 Å². The molecule has 0 fully saturated rings. The number of phenols is 1. The molecule has 3 aromatic rings. The third-order valence-corrected chi connectivity index (χ3v) is 5.94. The van der Waals surface area contributed by atoms with Gasteiger partial charge in [0.2, 0.25) is 5.91 Å². The molecule has 0 heterocycles. The summed E-state index contributed by atoms with van der Waals surface area (Å²) in [5.41, 5.74) is 5.74. The van der Waals surface area contributed by atoms with Crippen LogP contribution in [0, 0.1) is 0 Å². The summed E-state index contributed by atoms with van der Waals surface area (Å²) in [4.78, 5) is 15.3. The molecule has 36 heavy (non-hydrogen) atoms. The molecule has 0 unspecified atom stereocenters. The number of phenolic OH excluding ortho intramolecular Hbond substituents is 1. The monoisotopic (exact) mass is 484 g/mol. The number of carbonyl (C=O) groups is 1. The van der Waals surface area contributed by atoms with Crippen molar-refractivity contribution in [1.29, 1.82) is 0 Å². The van der Waals surface area contributed by atoms with Gasteiger partial charge in [-0.2, -0.15) is 0 Å². The minimum Gasteiger partial charge on any atom is -0.508 e. The standard InChI is InChI=1S/C31H36N2O3/c1-5-29(24-10-7-6-8-11-24)31(25-13-17-27(34)18-14-25)26-15-19-28(20-16-26)36-23-22-33(4)21-9-12-30(35)32(2)3/h6-20,34H,5,21-23H2,1-4H3/b12-9+,31-29-. The van der Waals surface area contributed by atoms with Crippen molar-refractivity contribution in [3.63, 3.8) is 0 Å². The molecule has 1 N–H and O–H groups in total. The van der Waals surface area contributed by atoms with E-state index >= 15 is 0 Å². The normalized spacial score (nSPS) is 12.0. The number of hydrogen-bond acceptors (Lipinski definition) is 4. The first-order chi connectivity index (χ1) is 17.4. The molecule has 5 heteroatoms. The number of allylic oxidation sites excluding steroid dienone is 1. The van der Waals surface area contributed by atoms with Gasteiger partial charge in [0.15, 0.2) is 0 Å². The van der Waals surface area contributed by atoms with E-state index in [1.807, 2.05) is 43.5 Å². The highest BCUT2D eigenvalue weighted by molar-refractivity contribution is 5.98. The summed E-state index contributed by atoms with van der Waals surface area (Å²) < 4.78 is 5.98. The Morgan fingerprint density at radius 2 is 1.47 bits per heavy atom. The topological polar surface area (TPSA) is 53.0 Å². The highest BCUT2D eigenvalue weighted by Gasteiger charge is 2.13. The van der Waals surface area contributed by atoms with Gasteiger partial charge in [0.05, 0.1) is 0 Å². The van der Waals surface area contributed by atoms with E-state index in [1.165, 1.54) is 11.1 Å². The Hall–Kier alpha value is -3.83. The first-order valence-corrected chi connectivity index (χ1v) is 12.3. The van der Waals surface area contributed by atoms with Crippen LogP contribution in [-0.2, 0) is 4.79 Å². The Bertz CT molecular complexity index is 1160. The molecule has 5 nitrogen and oxygen atoms in total. The summed E-state index contributed by atoms with van der Waals surface area (Å²) >= 11 is 0. The maximum Gasteiger partial charge on any atom is 0.245 e. The number of nitrogens with zero attached hydrogens (tertiary/aromatic N) is 2. The van der Waals surface area contributed by atoms with Gasteiger partial charge in [-0.05, 0) is 65.6 Å². The fourth-order valence-electron chi connectivity index (χ4n) is 3.92. The summed E-state index contributed by atoms with van der Waals surface area (Å²) in [5, 5.41) is 9.82. The zero-order valence-corrected chi connectivity index (χ0v) is 21.6. The van der Waals surface area contributed by atoms with Crippen molar-refractivity contribution >= 4 is 17.1 Å². The van der Waals surface area contributed by atoms with Crippen LogP contribution in [0.25, 0.3) is 11.1 Å². The van der Waals surface area contributed by atoms with Crippen molar-refractivity contribution in [1.82, 2.24) is 9.80 Å². The minimum absolute atomic E-state index is 0.0149. The van der Waals surface area contributed by atoms with Gasteiger partial charge in [-0.3, -0.25) is 9.69 Å². The van der Waals surface area contributed by atoms with Crippen LogP contribution < -0.4 is 4.74 Å². The van der Waals surface area contributed by atoms with Gasteiger partial charge in [-0.15, -0.1) is 0 Å². The average Bonchev–Trinajstić information content (AvgIpc) is 2.89. The van der Waals surface area contributed by atoms with Gasteiger partial charge in [0.1, 0.15) is 18.1 Å². The van der Waals surface area contributed by atoms with E-state index in [1.54, 1.807) is 37.2 Å². The zero-order chi connectivity index (χ0) is 25.9. The Labute approximate surface area is 214 Å². The van der Waals surface area contributed by atoms with E-state index < -0.39 is 0 Å². The van der Waals surface area contributed by atoms with Gasteiger partial charge in [0.25, 0.3) is 0 Å². The second-order valence-corrected chi connectivity index (χ2v) is 8.89. The molecule has 0 aromatic heterocycles. The Morgan fingerprint density at radius 1 is 0.861 bits per heavy atom. The van der Waals surface area contributed by atoms with E-state index in [-0.39, 0.29) is 11.7 Å². The predicted molar refractivity (Wildman–Crippen MR) is 148 cm³/mol. The van der Waals surface area contributed by atoms with Crippen LogP contribution in [0.3, 0.4) is 0 Å². The predicted octanol–water partition coefficient (Wildman–Crippen LogP) is 5.72. The molecule has 0 spiro atoms. The van der Waals surface area contributed by atoms with Crippen LogP contribution >= 0.6 is 0 Å². The number of aromatic hydroxyl groups is 1. The van der Waals surface area contributed by atoms with Crippen molar-refractivity contribution in [3.05, 3.63) is 108 Å². The molecule has 0 atom stereocenters. The molecule has 0 aliphatic heterocycles. The summed E-state index contributed by atoms with van der Waals surface area (Å²) in [6.07, 6.45) is 4.33. The zero-order valence-electron chi connectivity index (χ0n) is 21.6. The summed E-state index contributed by atoms with van der Waals surface area (Å²) in [6.45, 7) is 4.15. The van der Waals surface area contributed by atoms with E-state index in [0.717, 1.165) is 35.4 Å². The van der Waals surface area contributed by atoms with Crippen molar-refractivity contribution in [3.8, 4) is 11.5 Å². The second-order valence-electron chi connectivity index (χ2n) is 8.89. The molecule has 0 saturated carbocycles. The first kappa shape index (κ1) is 26.8. The first-order valence-electron chi connectivity index (χ1n) is 12.3. The lowest BCUT2D eigenvalue weighted by Gasteiger charge is -2.17. The lowest BCUT2D eigenvalue weighted by Crippen LogP contribution is -2.25. The van der Waals surface area contributed by atoms with Gasteiger partial charge in [-0.25, -0.2) is 0 Å². The number of hydrogen-bond donors (Lipinski definition) is 1. The molecular formula is C31H36N2O3. The number of benzene rings is 3. The second kappa shape index (κ2) is 13.3. The molecule has 3 rings (SSSR count). The Kier molecular flexibility index (Phi) is 9.90. The summed E-state index contributed by atoms with van der Waals surface area (Å²) in [5.74, 6) is 1.05. The largest absolute Gasteiger partial charge is 0.508 e. The molecule has 3 aromatic carbocycles. The van der Waals surface area contributed by atoms with Gasteiger partial charge in [0, 0.05) is 33.3 Å². The number of rotatable bonds is 11. The van der Waals surface area contributed by atoms with Crippen LogP contribution in [0.2, 0.25) is 0 Å². The van der Waals surface area contributed by atoms with Crippen LogP contribution in [0.4, 0.5) is 0 Å². The molecule has 0 aliphatic carbocycles. The molecular weight excluding hydrogens is 448 g/mol. The molecule has 188 valence electrons. The van der Waals surface area contributed by atoms with Crippen LogP contribution in [0.5, 0.6) is 11.5 Å². The summed E-state index contributed by atoms with van der Waals surface area (Å²) in [7, 11) is 5.48. The lowest BCUT2D eigenvalue weighted by molar-refractivity contribution is -0.123. The number of carbonyl (C=O) groups excluding carboxylic acids is 1. The average molecular weight is 485 g/mol. The maximum atomic E-state index is 11.6. The smallest absolute Gasteiger partial charge is 0.245 e. The Morgan fingerprint density at radius 3 is 2.06 bits per heavy atom. The number of ether oxygens (including phenoxy) is 1. The van der Waals surface area contributed by atoms with Crippen LogP contribution in [0.1, 0.15) is 30.0 Å². The van der Waals surface area contributed by atoms with Gasteiger partial charge < -0.3 is 14.7 Å². The molecule has 1 amide bonds. The lowest BCUT2D eigenvalue weighted by atomic mass is 9.88. The van der Waals surface area contributed by atoms with E-state index in [0.29, 0.717) is 13.2 Å². The summed E-state index contributed by atoms with van der Waals surface area (Å²) in [6, 6.07) is 26.0. The Balaban J connectivity index is 1.73. The molecule has 0 saturated heterocycles. The molecule has 0 aliphatic rings. The third-order valence-electron chi connectivity index (χ3n) is 5.94. The third kappa shape index (κ3) is 7.59.